The number of benzene rings is 1. The summed E-state index contributed by atoms with van der Waals surface area (Å²) in [6.45, 7) is 0.408. The fourth-order valence-electron chi connectivity index (χ4n) is 1.54. The molecule has 0 spiro atoms. The first-order valence-electron chi connectivity index (χ1n) is 5.80. The smallest absolute Gasteiger partial charge is 0.262 e. The molecule has 1 amide bonds. The third kappa shape index (κ3) is 3.59. The van der Waals surface area contributed by atoms with Crippen molar-refractivity contribution in [2.24, 2.45) is 5.73 Å². The van der Waals surface area contributed by atoms with E-state index in [1.54, 1.807) is 4.89 Å². The number of primary amides is 1. The maximum atomic E-state index is 11.9. The van der Waals surface area contributed by atoms with Crippen LogP contribution in [0.5, 0.6) is 11.5 Å². The number of hydrogen-bond acceptors (Lipinski definition) is 6. The van der Waals surface area contributed by atoms with Crippen LogP contribution in [0.4, 0.5) is 0 Å². The van der Waals surface area contributed by atoms with Crippen LogP contribution in [0.15, 0.2) is 23.1 Å². The first-order valence-corrected chi connectivity index (χ1v) is 7.29. The lowest BCUT2D eigenvalue weighted by molar-refractivity contribution is -0.123. The van der Waals surface area contributed by atoms with E-state index in [9.17, 15) is 13.2 Å². The van der Waals surface area contributed by atoms with E-state index in [-0.39, 0.29) is 4.90 Å². The molecule has 2 rings (SSSR count). The maximum Gasteiger partial charge on any atom is 0.262 e. The van der Waals surface area contributed by atoms with E-state index in [4.69, 9.17) is 15.2 Å². The van der Waals surface area contributed by atoms with Gasteiger partial charge in [0.15, 0.2) is 11.5 Å². The molecule has 0 radical (unpaired) electrons. The molecule has 20 heavy (non-hydrogen) atoms. The van der Waals surface area contributed by atoms with Crippen molar-refractivity contribution in [2.75, 3.05) is 19.8 Å². The standard InChI is InChI=1S/C11H14N2O6S/c12-11(14)7-19-13-20(15,16)8-2-3-9-10(6-8)18-5-1-4-17-9/h2-3,6,13H,1,4-5,7H2,(H2,12,14). The van der Waals surface area contributed by atoms with Crippen LogP contribution in [0.2, 0.25) is 0 Å². The Balaban J connectivity index is 2.15. The van der Waals surface area contributed by atoms with Crippen molar-refractivity contribution in [3.05, 3.63) is 18.2 Å². The summed E-state index contributed by atoms with van der Waals surface area (Å²) in [5.41, 5.74) is 4.83. The van der Waals surface area contributed by atoms with E-state index >= 15 is 0 Å². The van der Waals surface area contributed by atoms with E-state index in [2.05, 4.69) is 4.84 Å². The first kappa shape index (κ1) is 14.6. The number of carbonyl (C=O) groups excluding carboxylic acids is 1. The van der Waals surface area contributed by atoms with Gasteiger partial charge in [-0.15, -0.1) is 0 Å². The van der Waals surface area contributed by atoms with Crippen LogP contribution >= 0.6 is 0 Å². The first-order chi connectivity index (χ1) is 9.49. The van der Waals surface area contributed by atoms with Gasteiger partial charge in [-0.25, -0.2) is 8.42 Å². The van der Waals surface area contributed by atoms with E-state index < -0.39 is 22.5 Å². The van der Waals surface area contributed by atoms with Crippen LogP contribution in [0.25, 0.3) is 0 Å². The second-order valence-corrected chi connectivity index (χ2v) is 5.65. The van der Waals surface area contributed by atoms with Gasteiger partial charge in [-0.3, -0.25) is 9.63 Å². The molecular weight excluding hydrogens is 288 g/mol. The van der Waals surface area contributed by atoms with E-state index in [0.29, 0.717) is 24.7 Å². The highest BCUT2D eigenvalue weighted by Gasteiger charge is 2.19. The number of hydrogen-bond donors (Lipinski definition) is 2. The summed E-state index contributed by atoms with van der Waals surface area (Å²) in [5, 5.41) is 0. The highest BCUT2D eigenvalue weighted by Crippen LogP contribution is 2.31. The summed E-state index contributed by atoms with van der Waals surface area (Å²) in [6, 6.07) is 4.18. The minimum Gasteiger partial charge on any atom is -0.490 e. The lowest BCUT2D eigenvalue weighted by Gasteiger charge is -2.10. The zero-order valence-electron chi connectivity index (χ0n) is 10.5. The molecule has 9 heteroatoms. The summed E-state index contributed by atoms with van der Waals surface area (Å²) in [4.78, 5) is 16.7. The number of carbonyl (C=O) groups is 1. The van der Waals surface area contributed by atoms with Gasteiger partial charge in [-0.05, 0) is 12.1 Å². The summed E-state index contributed by atoms with van der Waals surface area (Å²) in [5.74, 6) is 0.0474. The highest BCUT2D eigenvalue weighted by atomic mass is 32.2. The second kappa shape index (κ2) is 6.07. The summed E-state index contributed by atoms with van der Waals surface area (Å²) >= 11 is 0. The molecule has 0 atom stereocenters. The number of rotatable bonds is 5. The SMILES string of the molecule is NC(=O)CONS(=O)(=O)c1ccc2c(c1)OCCCO2. The summed E-state index contributed by atoms with van der Waals surface area (Å²) in [7, 11) is -3.92. The van der Waals surface area contributed by atoms with Gasteiger partial charge in [-0.2, -0.15) is 0 Å². The van der Waals surface area contributed by atoms with Crippen molar-refractivity contribution >= 4 is 15.9 Å². The van der Waals surface area contributed by atoms with Gasteiger partial charge in [-0.1, -0.05) is 4.89 Å². The van der Waals surface area contributed by atoms with Crippen molar-refractivity contribution in [3.8, 4) is 11.5 Å². The van der Waals surface area contributed by atoms with Crippen LogP contribution in [0.1, 0.15) is 6.42 Å². The third-order valence-corrected chi connectivity index (χ3v) is 3.62. The van der Waals surface area contributed by atoms with Gasteiger partial charge in [0, 0.05) is 12.5 Å². The number of amides is 1. The monoisotopic (exact) mass is 302 g/mol. The number of fused-ring (bicyclic) bond motifs is 1. The molecule has 1 aliphatic heterocycles. The Morgan fingerprint density at radius 3 is 2.70 bits per heavy atom. The molecule has 0 aliphatic carbocycles. The Bertz CT molecular complexity index is 601. The summed E-state index contributed by atoms with van der Waals surface area (Å²) in [6.07, 6.45) is 0.719. The topological polar surface area (TPSA) is 117 Å². The summed E-state index contributed by atoms with van der Waals surface area (Å²) < 4.78 is 34.6. The molecule has 0 bridgehead atoms. The molecule has 110 valence electrons. The lowest BCUT2D eigenvalue weighted by atomic mass is 10.3. The predicted molar refractivity (Wildman–Crippen MR) is 67.5 cm³/mol. The van der Waals surface area contributed by atoms with Crippen LogP contribution in [-0.2, 0) is 19.7 Å². The van der Waals surface area contributed by atoms with Gasteiger partial charge >= 0.3 is 0 Å². The third-order valence-electron chi connectivity index (χ3n) is 2.41. The van der Waals surface area contributed by atoms with Gasteiger partial charge < -0.3 is 15.2 Å². The molecule has 0 saturated carbocycles. The number of nitrogens with one attached hydrogen (secondary N) is 1. The molecule has 1 aromatic rings. The fraction of sp³-hybridized carbons (Fsp3) is 0.364. The van der Waals surface area contributed by atoms with E-state index in [1.165, 1.54) is 18.2 Å². The fourth-order valence-corrected chi connectivity index (χ4v) is 2.36. The predicted octanol–water partition coefficient (Wildman–Crippen LogP) is -0.457. The Morgan fingerprint density at radius 1 is 1.30 bits per heavy atom. The van der Waals surface area contributed by atoms with Crippen LogP contribution < -0.4 is 20.1 Å². The Hall–Kier alpha value is -1.84. The molecule has 8 nitrogen and oxygen atoms in total. The van der Waals surface area contributed by atoms with Crippen molar-refractivity contribution in [3.63, 3.8) is 0 Å². The highest BCUT2D eigenvalue weighted by molar-refractivity contribution is 7.89. The van der Waals surface area contributed by atoms with Crippen LogP contribution in [-0.4, -0.2) is 34.1 Å². The minimum absolute atomic E-state index is 0.0637. The molecule has 1 aliphatic rings. The normalized spacial score (nSPS) is 14.6. The molecule has 0 saturated heterocycles. The molecule has 0 fully saturated rings. The van der Waals surface area contributed by atoms with Gasteiger partial charge in [0.1, 0.15) is 6.61 Å². The van der Waals surface area contributed by atoms with Gasteiger partial charge in [0.25, 0.3) is 10.0 Å². The van der Waals surface area contributed by atoms with E-state index in [0.717, 1.165) is 6.42 Å². The zero-order valence-corrected chi connectivity index (χ0v) is 11.3. The zero-order chi connectivity index (χ0) is 14.6. The van der Waals surface area contributed by atoms with Crippen molar-refractivity contribution in [2.45, 2.75) is 11.3 Å². The molecule has 0 aromatic heterocycles. The average Bonchev–Trinajstić information content (AvgIpc) is 2.62. The number of ether oxygens (including phenoxy) is 2. The van der Waals surface area contributed by atoms with E-state index in [1.807, 2.05) is 0 Å². The Labute approximate surface area is 115 Å². The van der Waals surface area contributed by atoms with Crippen molar-refractivity contribution in [1.29, 1.82) is 0 Å². The molecule has 3 N–H and O–H groups in total. The van der Waals surface area contributed by atoms with Gasteiger partial charge in [0.2, 0.25) is 5.91 Å². The minimum atomic E-state index is -3.92. The number of nitrogens with two attached hydrogens (primary N) is 1. The maximum absolute atomic E-state index is 11.9. The van der Waals surface area contributed by atoms with Gasteiger partial charge in [0.05, 0.1) is 18.1 Å². The van der Waals surface area contributed by atoms with Crippen molar-refractivity contribution < 1.29 is 27.5 Å². The number of sulfonamides is 1. The Morgan fingerprint density at radius 2 is 2.00 bits per heavy atom. The quantitative estimate of drug-likeness (QED) is 0.711. The molecule has 1 aromatic carbocycles. The van der Waals surface area contributed by atoms with Crippen LogP contribution in [0.3, 0.4) is 0 Å². The molecule has 1 heterocycles. The van der Waals surface area contributed by atoms with Crippen molar-refractivity contribution in [1.82, 2.24) is 4.89 Å². The largest absolute Gasteiger partial charge is 0.490 e. The Kier molecular flexibility index (Phi) is 4.42. The molecule has 0 unspecified atom stereocenters. The second-order valence-electron chi connectivity index (χ2n) is 4.00. The average molecular weight is 302 g/mol. The lowest BCUT2D eigenvalue weighted by Crippen LogP contribution is -2.29. The molecular formula is C11H14N2O6S. The van der Waals surface area contributed by atoms with Crippen LogP contribution in [0, 0.1) is 0 Å².